The van der Waals surface area contributed by atoms with Crippen LogP contribution in [-0.4, -0.2) is 52.8 Å². The van der Waals surface area contributed by atoms with E-state index < -0.39 is 41.9 Å². The van der Waals surface area contributed by atoms with Crippen LogP contribution in [0.1, 0.15) is 68.1 Å². The zero-order valence-electron chi connectivity index (χ0n) is 21.1. The Kier molecular flexibility index (Phi) is 9.11. The van der Waals surface area contributed by atoms with Gasteiger partial charge in [-0.05, 0) is 58.2 Å². The predicted octanol–water partition coefficient (Wildman–Crippen LogP) is 5.74. The van der Waals surface area contributed by atoms with Gasteiger partial charge in [-0.1, -0.05) is 24.2 Å². The lowest BCUT2D eigenvalue weighted by Crippen LogP contribution is -2.41. The van der Waals surface area contributed by atoms with Crippen molar-refractivity contribution in [2.75, 3.05) is 6.54 Å². The lowest BCUT2D eigenvalue weighted by molar-refractivity contribution is -0.206. The Morgan fingerprint density at radius 1 is 1.08 bits per heavy atom. The molecule has 0 unspecified atom stereocenters. The quantitative estimate of drug-likeness (QED) is 0.334. The van der Waals surface area contributed by atoms with E-state index >= 15 is 0 Å². The van der Waals surface area contributed by atoms with Gasteiger partial charge in [0.2, 0.25) is 0 Å². The van der Waals surface area contributed by atoms with E-state index in [0.717, 1.165) is 12.1 Å². The normalized spacial score (nSPS) is 18.6. The molecule has 7 nitrogen and oxygen atoms in total. The minimum atomic E-state index is -5.07. The van der Waals surface area contributed by atoms with Crippen molar-refractivity contribution in [3.63, 3.8) is 0 Å². The van der Waals surface area contributed by atoms with Gasteiger partial charge in [0, 0.05) is 29.8 Å². The van der Waals surface area contributed by atoms with Crippen LogP contribution in [-0.2, 0) is 22.3 Å². The highest BCUT2D eigenvalue weighted by molar-refractivity contribution is 5.95. The molecule has 1 N–H and O–H groups in total. The summed E-state index contributed by atoms with van der Waals surface area (Å²) in [4.78, 5) is 26.3. The summed E-state index contributed by atoms with van der Waals surface area (Å²) in [6.45, 7) is 6.71. The Bertz CT molecular complexity index is 1100. The topological polar surface area (TPSA) is 84.7 Å². The molecule has 1 amide bonds. The number of carbonyl (C=O) groups excluding carboxylic acids is 2. The van der Waals surface area contributed by atoms with E-state index in [1.54, 1.807) is 0 Å². The number of nitrogens with one attached hydrogen (secondary N) is 1. The van der Waals surface area contributed by atoms with Gasteiger partial charge >= 0.3 is 18.3 Å². The van der Waals surface area contributed by atoms with Gasteiger partial charge in [-0.15, -0.1) is 0 Å². The number of aromatic nitrogens is 1. The second kappa shape index (κ2) is 11.7. The van der Waals surface area contributed by atoms with Gasteiger partial charge in [-0.3, -0.25) is 9.69 Å². The van der Waals surface area contributed by atoms with Gasteiger partial charge < -0.3 is 14.6 Å². The number of nitrogens with zero attached hydrogens (tertiary/aromatic N) is 2. The van der Waals surface area contributed by atoms with Crippen LogP contribution in [0.15, 0.2) is 28.8 Å². The van der Waals surface area contributed by atoms with E-state index in [0.29, 0.717) is 17.7 Å². The largest absolute Gasteiger partial charge is 0.490 e. The summed E-state index contributed by atoms with van der Waals surface area (Å²) in [5.74, 6) is -2.64. The second-order valence-electron chi connectivity index (χ2n) is 9.42. The number of rotatable bonds is 8. The number of halogens is 6. The molecule has 13 heteroatoms. The molecule has 0 spiro atoms. The molecule has 1 aromatic carbocycles. The molecule has 0 aliphatic heterocycles. The van der Waals surface area contributed by atoms with Crippen molar-refractivity contribution in [1.82, 2.24) is 15.4 Å². The van der Waals surface area contributed by atoms with Crippen molar-refractivity contribution in [3.8, 4) is 11.3 Å². The van der Waals surface area contributed by atoms with Crippen molar-refractivity contribution in [3.05, 3.63) is 41.1 Å². The zero-order valence-corrected chi connectivity index (χ0v) is 21.1. The molecule has 1 fully saturated rings. The third-order valence-corrected chi connectivity index (χ3v) is 6.49. The maximum absolute atomic E-state index is 13.2. The van der Waals surface area contributed by atoms with E-state index in [1.807, 2.05) is 25.7 Å². The van der Waals surface area contributed by atoms with Crippen LogP contribution in [0.5, 0.6) is 0 Å². The van der Waals surface area contributed by atoms with Crippen molar-refractivity contribution in [2.24, 2.45) is 0 Å². The highest BCUT2D eigenvalue weighted by atomic mass is 19.4. The third-order valence-electron chi connectivity index (χ3n) is 6.49. The summed E-state index contributed by atoms with van der Waals surface area (Å²) >= 11 is 0. The standard InChI is InChI=1S/C25H29F6N3O4/c1-4-34(14(2)3)13-19-20(33-38-21(19)15-5-7-16(8-6-15)24(26,27)28)22(35)32-17-9-11-18(12-10-17)37-23(36)25(29,30)31/h5-8,14,17-18H,4,9-13H2,1-3H3,(H,32,35). The third kappa shape index (κ3) is 7.27. The van der Waals surface area contributed by atoms with Crippen LogP contribution in [0, 0.1) is 0 Å². The minimum Gasteiger partial charge on any atom is -0.456 e. The predicted molar refractivity (Wildman–Crippen MR) is 124 cm³/mol. The molecule has 0 atom stereocenters. The summed E-state index contributed by atoms with van der Waals surface area (Å²) in [6.07, 6.45) is -9.61. The highest BCUT2D eigenvalue weighted by Crippen LogP contribution is 2.33. The fraction of sp³-hybridized carbons (Fsp3) is 0.560. The molecule has 1 aliphatic carbocycles. The Morgan fingerprint density at radius 2 is 1.68 bits per heavy atom. The van der Waals surface area contributed by atoms with E-state index in [1.165, 1.54) is 12.1 Å². The second-order valence-corrected chi connectivity index (χ2v) is 9.42. The average molecular weight is 550 g/mol. The Balaban J connectivity index is 1.78. The highest BCUT2D eigenvalue weighted by Gasteiger charge is 2.42. The monoisotopic (exact) mass is 549 g/mol. The first-order valence-corrected chi connectivity index (χ1v) is 12.2. The first-order chi connectivity index (χ1) is 17.7. The molecule has 0 saturated heterocycles. The van der Waals surface area contributed by atoms with Crippen molar-refractivity contribution in [2.45, 2.75) is 83.5 Å². The SMILES string of the molecule is CCN(Cc1c(C(=O)NC2CCC(OC(=O)C(F)(F)F)CC2)noc1-c1ccc(C(F)(F)F)cc1)C(C)C. The Morgan fingerprint density at radius 3 is 2.18 bits per heavy atom. The number of carbonyl (C=O) groups is 2. The van der Waals surface area contributed by atoms with Crippen LogP contribution < -0.4 is 5.32 Å². The average Bonchev–Trinajstić information content (AvgIpc) is 3.26. The molecule has 210 valence electrons. The number of amides is 1. The molecular weight excluding hydrogens is 520 g/mol. The van der Waals surface area contributed by atoms with Crippen LogP contribution in [0.4, 0.5) is 26.3 Å². The van der Waals surface area contributed by atoms with Crippen molar-refractivity contribution in [1.29, 1.82) is 0 Å². The van der Waals surface area contributed by atoms with Crippen LogP contribution >= 0.6 is 0 Å². The lowest BCUT2D eigenvalue weighted by Gasteiger charge is -2.29. The molecule has 1 saturated carbocycles. The van der Waals surface area contributed by atoms with Crippen LogP contribution in [0.3, 0.4) is 0 Å². The molecule has 1 aliphatic rings. The van der Waals surface area contributed by atoms with Crippen LogP contribution in [0.25, 0.3) is 11.3 Å². The molecular formula is C25H29F6N3O4. The van der Waals surface area contributed by atoms with Crippen molar-refractivity contribution >= 4 is 11.9 Å². The number of alkyl halides is 6. The number of ether oxygens (including phenoxy) is 1. The number of benzene rings is 1. The maximum Gasteiger partial charge on any atom is 0.490 e. The summed E-state index contributed by atoms with van der Waals surface area (Å²) in [7, 11) is 0. The zero-order chi connectivity index (χ0) is 28.3. The fourth-order valence-corrected chi connectivity index (χ4v) is 4.33. The molecule has 3 rings (SSSR count). The van der Waals surface area contributed by atoms with Gasteiger partial charge in [0.1, 0.15) is 6.10 Å². The van der Waals surface area contributed by atoms with Gasteiger partial charge in [-0.2, -0.15) is 26.3 Å². The van der Waals surface area contributed by atoms with E-state index in [-0.39, 0.29) is 49.7 Å². The summed E-state index contributed by atoms with van der Waals surface area (Å²) in [5.41, 5.74) is -0.115. The smallest absolute Gasteiger partial charge is 0.456 e. The van der Waals surface area contributed by atoms with E-state index in [2.05, 4.69) is 15.2 Å². The summed E-state index contributed by atoms with van der Waals surface area (Å²) < 4.78 is 86.3. The Hall–Kier alpha value is -3.09. The van der Waals surface area contributed by atoms with E-state index in [4.69, 9.17) is 4.52 Å². The number of hydrogen-bond acceptors (Lipinski definition) is 6. The minimum absolute atomic E-state index is 0.0235. The van der Waals surface area contributed by atoms with Gasteiger partial charge in [0.25, 0.3) is 5.91 Å². The maximum atomic E-state index is 13.2. The molecule has 38 heavy (non-hydrogen) atoms. The molecule has 1 heterocycles. The first-order valence-electron chi connectivity index (χ1n) is 12.2. The van der Waals surface area contributed by atoms with Gasteiger partial charge in [0.15, 0.2) is 11.5 Å². The van der Waals surface area contributed by atoms with Gasteiger partial charge in [0.05, 0.1) is 5.56 Å². The van der Waals surface area contributed by atoms with Crippen molar-refractivity contribution < 1.29 is 45.2 Å². The first kappa shape index (κ1) is 29.5. The van der Waals surface area contributed by atoms with E-state index in [9.17, 15) is 35.9 Å². The molecule has 0 radical (unpaired) electrons. The summed E-state index contributed by atoms with van der Waals surface area (Å²) in [6, 6.07) is 4.04. The molecule has 2 aromatic rings. The molecule has 0 bridgehead atoms. The number of hydrogen-bond donors (Lipinski definition) is 1. The summed E-state index contributed by atoms with van der Waals surface area (Å²) in [5, 5.41) is 6.73. The van der Waals surface area contributed by atoms with Gasteiger partial charge in [-0.25, -0.2) is 4.79 Å². The van der Waals surface area contributed by atoms with Crippen LogP contribution in [0.2, 0.25) is 0 Å². The number of esters is 1. The lowest BCUT2D eigenvalue weighted by atomic mass is 9.92. The Labute approximate surface area is 215 Å². The molecule has 1 aromatic heterocycles. The fourth-order valence-electron chi connectivity index (χ4n) is 4.33.